The molecule has 4 aromatic rings. The first-order valence-corrected chi connectivity index (χ1v) is 9.89. The highest BCUT2D eigenvalue weighted by Crippen LogP contribution is 2.24. The zero-order valence-electron chi connectivity index (χ0n) is 16.0. The van der Waals surface area contributed by atoms with E-state index in [1.54, 1.807) is 48.6 Å². The summed E-state index contributed by atoms with van der Waals surface area (Å²) < 4.78 is 6.83. The van der Waals surface area contributed by atoms with Crippen LogP contribution in [-0.2, 0) is 13.6 Å². The normalized spacial score (nSPS) is 10.7. The average molecular weight is 405 g/mol. The third-order valence-electron chi connectivity index (χ3n) is 4.46. The summed E-state index contributed by atoms with van der Waals surface area (Å²) >= 11 is 1.59. The zero-order valence-corrected chi connectivity index (χ0v) is 16.8. The Hall–Kier alpha value is -3.52. The second-order valence-electron chi connectivity index (χ2n) is 6.32. The molecule has 0 radical (unpaired) electrons. The van der Waals surface area contributed by atoms with Crippen molar-refractivity contribution in [3.05, 3.63) is 70.9 Å². The minimum atomic E-state index is -0.226. The fourth-order valence-corrected chi connectivity index (χ4v) is 3.63. The van der Waals surface area contributed by atoms with Crippen molar-refractivity contribution in [2.45, 2.75) is 6.54 Å². The van der Waals surface area contributed by atoms with Crippen LogP contribution in [-0.4, -0.2) is 32.8 Å². The molecule has 1 amide bonds. The SMILES string of the molecule is COc1cccc(-c2cc(C(=O)NCc3nccnc3-c3ccsc3)n(C)n2)c1. The minimum Gasteiger partial charge on any atom is -0.497 e. The molecule has 7 nitrogen and oxygen atoms in total. The molecule has 0 aliphatic carbocycles. The van der Waals surface area contributed by atoms with Gasteiger partial charge in [0.15, 0.2) is 0 Å². The molecule has 0 saturated heterocycles. The van der Waals surface area contributed by atoms with Crippen molar-refractivity contribution in [1.29, 1.82) is 0 Å². The molecule has 0 bridgehead atoms. The molecule has 0 saturated carbocycles. The molecule has 0 unspecified atom stereocenters. The summed E-state index contributed by atoms with van der Waals surface area (Å²) in [6.45, 7) is 0.275. The van der Waals surface area contributed by atoms with Gasteiger partial charge in [0.1, 0.15) is 11.4 Å². The zero-order chi connectivity index (χ0) is 20.2. The molecule has 0 spiro atoms. The molecule has 0 fully saturated rings. The van der Waals surface area contributed by atoms with Crippen LogP contribution in [0.15, 0.2) is 59.6 Å². The Balaban J connectivity index is 1.52. The number of benzene rings is 1. The van der Waals surface area contributed by atoms with E-state index < -0.39 is 0 Å². The molecule has 8 heteroatoms. The molecule has 1 aromatic carbocycles. The van der Waals surface area contributed by atoms with Gasteiger partial charge in [0.25, 0.3) is 5.91 Å². The lowest BCUT2D eigenvalue weighted by molar-refractivity contribution is 0.0941. The van der Waals surface area contributed by atoms with Crippen molar-refractivity contribution in [3.8, 4) is 28.3 Å². The highest BCUT2D eigenvalue weighted by atomic mass is 32.1. The van der Waals surface area contributed by atoms with Crippen LogP contribution in [0.4, 0.5) is 0 Å². The Morgan fingerprint density at radius 1 is 1.17 bits per heavy atom. The third kappa shape index (κ3) is 4.02. The summed E-state index contributed by atoms with van der Waals surface area (Å²) in [4.78, 5) is 21.6. The topological polar surface area (TPSA) is 81.9 Å². The Bertz CT molecular complexity index is 1140. The number of carbonyl (C=O) groups excluding carboxylic acids is 1. The first kappa shape index (κ1) is 18.8. The number of amides is 1. The second-order valence-corrected chi connectivity index (χ2v) is 7.10. The smallest absolute Gasteiger partial charge is 0.269 e. The predicted octanol–water partition coefficient (Wildman–Crippen LogP) is 3.54. The molecule has 1 N–H and O–H groups in total. The van der Waals surface area contributed by atoms with Crippen LogP contribution in [0, 0.1) is 0 Å². The number of nitrogens with zero attached hydrogens (tertiary/aromatic N) is 4. The van der Waals surface area contributed by atoms with Crippen molar-refractivity contribution in [2.75, 3.05) is 7.11 Å². The summed E-state index contributed by atoms with van der Waals surface area (Å²) in [6.07, 6.45) is 3.28. The summed E-state index contributed by atoms with van der Waals surface area (Å²) in [7, 11) is 3.37. The number of aromatic nitrogens is 4. The van der Waals surface area contributed by atoms with Gasteiger partial charge in [-0.2, -0.15) is 16.4 Å². The minimum absolute atomic E-state index is 0.226. The van der Waals surface area contributed by atoms with Gasteiger partial charge >= 0.3 is 0 Å². The molecule has 146 valence electrons. The van der Waals surface area contributed by atoms with E-state index in [9.17, 15) is 4.79 Å². The van der Waals surface area contributed by atoms with E-state index in [-0.39, 0.29) is 12.5 Å². The maximum Gasteiger partial charge on any atom is 0.269 e. The van der Waals surface area contributed by atoms with E-state index in [1.807, 2.05) is 41.1 Å². The van der Waals surface area contributed by atoms with E-state index in [0.29, 0.717) is 11.4 Å². The number of hydrogen-bond donors (Lipinski definition) is 1. The number of aryl methyl sites for hydroxylation is 1. The fourth-order valence-electron chi connectivity index (χ4n) is 2.99. The van der Waals surface area contributed by atoms with Crippen molar-refractivity contribution < 1.29 is 9.53 Å². The first-order valence-electron chi connectivity index (χ1n) is 8.95. The molecule has 3 heterocycles. The van der Waals surface area contributed by atoms with E-state index >= 15 is 0 Å². The second kappa shape index (κ2) is 8.24. The third-order valence-corrected chi connectivity index (χ3v) is 5.15. The largest absolute Gasteiger partial charge is 0.497 e. The molecule has 29 heavy (non-hydrogen) atoms. The standard InChI is InChI=1S/C21H19N5O2S/c1-26-19(11-17(25-26)14-4-3-5-16(10-14)28-2)21(27)24-12-18-20(23-8-7-22-18)15-6-9-29-13-15/h3-11,13H,12H2,1-2H3,(H,24,27). The lowest BCUT2D eigenvalue weighted by atomic mass is 10.1. The summed E-state index contributed by atoms with van der Waals surface area (Å²) in [5, 5.41) is 11.4. The summed E-state index contributed by atoms with van der Waals surface area (Å²) in [6, 6.07) is 11.3. The lowest BCUT2D eigenvalue weighted by Gasteiger charge is -2.08. The lowest BCUT2D eigenvalue weighted by Crippen LogP contribution is -2.26. The van der Waals surface area contributed by atoms with Gasteiger partial charge in [0.05, 0.1) is 30.7 Å². The van der Waals surface area contributed by atoms with Gasteiger partial charge in [0, 0.05) is 35.9 Å². The summed E-state index contributed by atoms with van der Waals surface area (Å²) in [5.74, 6) is 0.513. The van der Waals surface area contributed by atoms with Crippen LogP contribution in [0.2, 0.25) is 0 Å². The van der Waals surface area contributed by atoms with Crippen LogP contribution in [0.25, 0.3) is 22.5 Å². The number of carbonyl (C=O) groups is 1. The number of hydrogen-bond acceptors (Lipinski definition) is 6. The maximum absolute atomic E-state index is 12.8. The number of rotatable bonds is 6. The number of thiophene rings is 1. The Morgan fingerprint density at radius 3 is 2.83 bits per heavy atom. The molecule has 0 aliphatic rings. The number of ether oxygens (including phenoxy) is 1. The van der Waals surface area contributed by atoms with E-state index in [4.69, 9.17) is 4.74 Å². The Kier molecular flexibility index (Phi) is 5.35. The van der Waals surface area contributed by atoms with Gasteiger partial charge in [-0.15, -0.1) is 0 Å². The fraction of sp³-hybridized carbons (Fsp3) is 0.143. The highest BCUT2D eigenvalue weighted by Gasteiger charge is 2.16. The quantitative estimate of drug-likeness (QED) is 0.531. The van der Waals surface area contributed by atoms with E-state index in [1.165, 1.54) is 0 Å². The maximum atomic E-state index is 12.8. The van der Waals surface area contributed by atoms with Crippen molar-refractivity contribution in [2.24, 2.45) is 7.05 Å². The van der Waals surface area contributed by atoms with Gasteiger partial charge in [-0.25, -0.2) is 0 Å². The van der Waals surface area contributed by atoms with Crippen molar-refractivity contribution >= 4 is 17.2 Å². The average Bonchev–Trinajstić information content (AvgIpc) is 3.42. The molecule has 4 rings (SSSR count). The van der Waals surface area contributed by atoms with E-state index in [0.717, 1.165) is 28.3 Å². The molecular formula is C21H19N5O2S. The molecule has 0 aliphatic heterocycles. The van der Waals surface area contributed by atoms with Crippen LogP contribution in [0.1, 0.15) is 16.2 Å². The van der Waals surface area contributed by atoms with Crippen molar-refractivity contribution in [1.82, 2.24) is 25.1 Å². The van der Waals surface area contributed by atoms with Gasteiger partial charge in [-0.05, 0) is 29.6 Å². The van der Waals surface area contributed by atoms with Crippen LogP contribution < -0.4 is 10.1 Å². The number of methoxy groups -OCH3 is 1. The van der Waals surface area contributed by atoms with Gasteiger partial charge in [-0.1, -0.05) is 12.1 Å². The molecule has 0 atom stereocenters. The van der Waals surface area contributed by atoms with E-state index in [2.05, 4.69) is 20.4 Å². The Labute approximate surface area is 172 Å². The number of nitrogens with one attached hydrogen (secondary N) is 1. The van der Waals surface area contributed by atoms with Gasteiger partial charge in [0.2, 0.25) is 0 Å². The highest BCUT2D eigenvalue weighted by molar-refractivity contribution is 7.08. The molecule has 3 aromatic heterocycles. The summed E-state index contributed by atoms with van der Waals surface area (Å²) in [5.41, 5.74) is 4.53. The van der Waals surface area contributed by atoms with Gasteiger partial charge < -0.3 is 10.1 Å². The Morgan fingerprint density at radius 2 is 2.03 bits per heavy atom. The predicted molar refractivity (Wildman–Crippen MR) is 112 cm³/mol. The van der Waals surface area contributed by atoms with Crippen LogP contribution >= 0.6 is 11.3 Å². The first-order chi connectivity index (χ1) is 14.2. The van der Waals surface area contributed by atoms with Crippen LogP contribution in [0.5, 0.6) is 5.75 Å². The van der Waals surface area contributed by atoms with Gasteiger partial charge in [-0.3, -0.25) is 19.4 Å². The monoisotopic (exact) mass is 405 g/mol. The van der Waals surface area contributed by atoms with Crippen LogP contribution in [0.3, 0.4) is 0 Å². The molecular weight excluding hydrogens is 386 g/mol. The van der Waals surface area contributed by atoms with Crippen molar-refractivity contribution in [3.63, 3.8) is 0 Å².